The number of hydrogen-bond donors (Lipinski definition) is 0. The van der Waals surface area contributed by atoms with E-state index in [1.807, 2.05) is 16.8 Å². The Labute approximate surface area is 182 Å². The number of nitrogens with zero attached hydrogens (tertiary/aromatic N) is 6. The number of hydrogen-bond acceptors (Lipinski definition) is 5. The summed E-state index contributed by atoms with van der Waals surface area (Å²) in [5.74, 6) is -0.196. The molecule has 0 atom stereocenters. The fraction of sp³-hybridized carbons (Fsp3) is 0.261. The van der Waals surface area contributed by atoms with Gasteiger partial charge in [0.2, 0.25) is 11.9 Å². The van der Waals surface area contributed by atoms with Crippen LogP contribution in [0.2, 0.25) is 0 Å². The van der Waals surface area contributed by atoms with Gasteiger partial charge in [0.05, 0.1) is 29.5 Å². The molecule has 32 heavy (non-hydrogen) atoms. The summed E-state index contributed by atoms with van der Waals surface area (Å²) in [5, 5.41) is 0. The van der Waals surface area contributed by atoms with Gasteiger partial charge in [-0.2, -0.15) is 4.39 Å². The molecule has 9 heteroatoms. The average Bonchev–Trinajstić information content (AvgIpc) is 3.56. The first-order valence-corrected chi connectivity index (χ1v) is 10.5. The summed E-state index contributed by atoms with van der Waals surface area (Å²) in [6.07, 6.45) is 10.5. The third-order valence-corrected chi connectivity index (χ3v) is 6.10. The Morgan fingerprint density at radius 2 is 1.94 bits per heavy atom. The van der Waals surface area contributed by atoms with Crippen LogP contribution in [0.4, 0.5) is 8.78 Å². The zero-order valence-electron chi connectivity index (χ0n) is 17.0. The van der Waals surface area contributed by atoms with Gasteiger partial charge < -0.3 is 4.90 Å². The summed E-state index contributed by atoms with van der Waals surface area (Å²) >= 11 is 0. The zero-order chi connectivity index (χ0) is 21.8. The number of carbonyl (C=O) groups excluding carboxylic acids is 1. The van der Waals surface area contributed by atoms with Crippen molar-refractivity contribution in [1.29, 1.82) is 0 Å². The molecule has 6 rings (SSSR count). The lowest BCUT2D eigenvalue weighted by molar-refractivity contribution is -0.126. The Kier molecular flexibility index (Phi) is 4.24. The molecular weight excluding hydrogens is 414 g/mol. The molecule has 0 saturated heterocycles. The van der Waals surface area contributed by atoms with Gasteiger partial charge in [0, 0.05) is 35.9 Å². The fourth-order valence-corrected chi connectivity index (χ4v) is 4.35. The van der Waals surface area contributed by atoms with E-state index in [9.17, 15) is 13.6 Å². The maximum Gasteiger partial charge on any atom is 0.248 e. The Bertz CT molecular complexity index is 1310. The van der Waals surface area contributed by atoms with Crippen LogP contribution in [0, 0.1) is 11.8 Å². The molecule has 0 radical (unpaired) electrons. The van der Waals surface area contributed by atoms with Gasteiger partial charge in [0.25, 0.3) is 0 Å². The SMILES string of the molecule is O=C1CN=C(n2cnc(C3CC3)c2)C=C2c3ccc(F)c(-c4cnc(F)cn4)c3CCN12. The normalized spacial score (nSPS) is 17.9. The summed E-state index contributed by atoms with van der Waals surface area (Å²) in [7, 11) is 0. The Morgan fingerprint density at radius 3 is 2.72 bits per heavy atom. The van der Waals surface area contributed by atoms with Crippen LogP contribution in [-0.2, 0) is 11.2 Å². The van der Waals surface area contributed by atoms with E-state index in [-0.39, 0.29) is 23.7 Å². The molecule has 1 amide bonds. The fourth-order valence-electron chi connectivity index (χ4n) is 4.35. The number of halogens is 2. The predicted molar refractivity (Wildman–Crippen MR) is 113 cm³/mol. The number of benzene rings is 1. The van der Waals surface area contributed by atoms with Gasteiger partial charge in [-0.25, -0.2) is 19.3 Å². The van der Waals surface area contributed by atoms with E-state index in [1.165, 1.54) is 12.3 Å². The van der Waals surface area contributed by atoms with Gasteiger partial charge in [-0.05, 0) is 37.0 Å². The van der Waals surface area contributed by atoms with Crippen molar-refractivity contribution in [2.75, 3.05) is 13.1 Å². The zero-order valence-corrected chi connectivity index (χ0v) is 17.0. The van der Waals surface area contributed by atoms with Crippen molar-refractivity contribution >= 4 is 17.4 Å². The molecule has 1 aliphatic carbocycles. The predicted octanol–water partition coefficient (Wildman–Crippen LogP) is 3.18. The molecule has 0 unspecified atom stereocenters. The highest BCUT2D eigenvalue weighted by Crippen LogP contribution is 2.39. The smallest absolute Gasteiger partial charge is 0.248 e. The molecular formula is C23H18F2N6O. The quantitative estimate of drug-likeness (QED) is 0.623. The number of carbonyl (C=O) groups is 1. The van der Waals surface area contributed by atoms with Gasteiger partial charge in [-0.1, -0.05) is 0 Å². The van der Waals surface area contributed by atoms with Gasteiger partial charge in [-0.3, -0.25) is 14.4 Å². The van der Waals surface area contributed by atoms with E-state index in [4.69, 9.17) is 0 Å². The third kappa shape index (κ3) is 3.12. The molecule has 1 saturated carbocycles. The molecule has 4 heterocycles. The van der Waals surface area contributed by atoms with Crippen molar-refractivity contribution in [1.82, 2.24) is 24.4 Å². The molecule has 3 aromatic rings. The average molecular weight is 432 g/mol. The van der Waals surface area contributed by atoms with Crippen molar-refractivity contribution < 1.29 is 13.6 Å². The van der Waals surface area contributed by atoms with Crippen LogP contribution in [0.1, 0.15) is 35.6 Å². The van der Waals surface area contributed by atoms with Crippen LogP contribution < -0.4 is 0 Å². The molecule has 2 aromatic heterocycles. The summed E-state index contributed by atoms with van der Waals surface area (Å²) in [6.45, 7) is 0.419. The van der Waals surface area contributed by atoms with Crippen LogP contribution in [0.3, 0.4) is 0 Å². The standard InChI is InChI=1S/C23H18F2N6O/c24-16-4-3-14-15(23(16)17-8-27-20(25)9-26-17)5-6-31-19(14)7-21(28-10-22(31)32)30-11-18(29-12-30)13-1-2-13/h3-4,7-9,11-13H,1-2,5-6,10H2. The topological polar surface area (TPSA) is 76.3 Å². The molecule has 0 spiro atoms. The molecule has 3 aliphatic rings. The van der Waals surface area contributed by atoms with E-state index in [2.05, 4.69) is 19.9 Å². The highest BCUT2D eigenvalue weighted by Gasteiger charge is 2.32. The van der Waals surface area contributed by atoms with E-state index >= 15 is 0 Å². The monoisotopic (exact) mass is 432 g/mol. The lowest BCUT2D eigenvalue weighted by Crippen LogP contribution is -2.36. The molecule has 1 fully saturated rings. The van der Waals surface area contributed by atoms with Crippen molar-refractivity contribution in [2.24, 2.45) is 4.99 Å². The Hall–Kier alpha value is -3.75. The van der Waals surface area contributed by atoms with Gasteiger partial charge >= 0.3 is 0 Å². The number of amides is 1. The molecule has 2 aliphatic heterocycles. The summed E-state index contributed by atoms with van der Waals surface area (Å²) in [6, 6.07) is 3.01. The van der Waals surface area contributed by atoms with E-state index < -0.39 is 11.8 Å². The van der Waals surface area contributed by atoms with Gasteiger partial charge in [-0.15, -0.1) is 0 Å². The number of fused-ring (bicyclic) bond motifs is 3. The number of rotatable bonds is 2. The number of aromatic nitrogens is 4. The molecule has 0 N–H and O–H groups in total. The van der Waals surface area contributed by atoms with E-state index in [1.54, 1.807) is 17.3 Å². The number of allylic oxidation sites excluding steroid dienone is 1. The number of aliphatic imine (C=N–C) groups is 1. The van der Waals surface area contributed by atoms with Crippen molar-refractivity contribution in [3.8, 4) is 11.3 Å². The second-order valence-electron chi connectivity index (χ2n) is 8.15. The second kappa shape index (κ2) is 7.15. The summed E-state index contributed by atoms with van der Waals surface area (Å²) < 4.78 is 30.0. The Balaban J connectivity index is 1.48. The molecule has 0 bridgehead atoms. The van der Waals surface area contributed by atoms with Gasteiger partial charge in [0.15, 0.2) is 0 Å². The minimum atomic E-state index is -0.728. The van der Waals surface area contributed by atoms with Crippen LogP contribution in [0.25, 0.3) is 17.0 Å². The third-order valence-electron chi connectivity index (χ3n) is 6.10. The van der Waals surface area contributed by atoms with E-state index in [0.717, 1.165) is 30.3 Å². The first-order chi connectivity index (χ1) is 15.6. The first-order valence-electron chi connectivity index (χ1n) is 10.5. The summed E-state index contributed by atoms with van der Waals surface area (Å²) in [5.41, 5.74) is 3.67. The Morgan fingerprint density at radius 1 is 1.06 bits per heavy atom. The van der Waals surface area contributed by atoms with Crippen molar-refractivity contribution in [3.63, 3.8) is 0 Å². The highest BCUT2D eigenvalue weighted by molar-refractivity contribution is 6.06. The molecule has 1 aromatic carbocycles. The summed E-state index contributed by atoms with van der Waals surface area (Å²) in [4.78, 5) is 31.2. The van der Waals surface area contributed by atoms with Crippen molar-refractivity contribution in [3.05, 3.63) is 71.7 Å². The maximum atomic E-state index is 14.9. The van der Waals surface area contributed by atoms with Crippen LogP contribution in [0.5, 0.6) is 0 Å². The van der Waals surface area contributed by atoms with Crippen LogP contribution in [-0.4, -0.2) is 49.3 Å². The van der Waals surface area contributed by atoms with Crippen molar-refractivity contribution in [2.45, 2.75) is 25.2 Å². The maximum absolute atomic E-state index is 14.9. The first kappa shape index (κ1) is 19.0. The lowest BCUT2D eigenvalue weighted by Gasteiger charge is -2.32. The van der Waals surface area contributed by atoms with E-state index in [0.29, 0.717) is 36.0 Å². The minimum Gasteiger partial charge on any atom is -0.310 e. The number of imidazole rings is 1. The minimum absolute atomic E-state index is 0.0269. The molecule has 160 valence electrons. The largest absolute Gasteiger partial charge is 0.310 e. The van der Waals surface area contributed by atoms with Gasteiger partial charge in [0.1, 0.15) is 24.5 Å². The van der Waals surface area contributed by atoms with Crippen LogP contribution in [0.15, 0.2) is 48.1 Å². The van der Waals surface area contributed by atoms with Crippen LogP contribution >= 0.6 is 0 Å². The second-order valence-corrected chi connectivity index (χ2v) is 8.15. The lowest BCUT2D eigenvalue weighted by atomic mass is 9.90. The molecule has 7 nitrogen and oxygen atoms in total. The highest BCUT2D eigenvalue weighted by atomic mass is 19.1.